The lowest BCUT2D eigenvalue weighted by Crippen LogP contribution is -2.30. The summed E-state index contributed by atoms with van der Waals surface area (Å²) < 4.78 is 37.1. The molecule has 2 aromatic rings. The average Bonchev–Trinajstić information content (AvgIpc) is 2.66. The number of anilines is 1. The van der Waals surface area contributed by atoms with Crippen LogP contribution in [0.2, 0.25) is 5.02 Å². The van der Waals surface area contributed by atoms with Gasteiger partial charge in [0.2, 0.25) is 10.0 Å². The van der Waals surface area contributed by atoms with Crippen LogP contribution in [0.3, 0.4) is 0 Å². The molecule has 0 radical (unpaired) electrons. The van der Waals surface area contributed by atoms with Crippen molar-refractivity contribution in [1.29, 1.82) is 0 Å². The molecule has 10 heteroatoms. The molecular weight excluding hydrogens is 432 g/mol. The number of amides is 1. The summed E-state index contributed by atoms with van der Waals surface area (Å²) in [6.07, 6.45) is 0. The van der Waals surface area contributed by atoms with E-state index in [0.717, 1.165) is 0 Å². The largest absolute Gasteiger partial charge is 0.482 e. The van der Waals surface area contributed by atoms with Crippen LogP contribution in [0, 0.1) is 0 Å². The number of benzene rings is 2. The van der Waals surface area contributed by atoms with Gasteiger partial charge in [-0.05, 0) is 63.2 Å². The first-order valence-electron chi connectivity index (χ1n) is 9.14. The van der Waals surface area contributed by atoms with Crippen LogP contribution in [-0.4, -0.2) is 39.5 Å². The summed E-state index contributed by atoms with van der Waals surface area (Å²) in [6.45, 7) is 5.07. The summed E-state index contributed by atoms with van der Waals surface area (Å²) in [6, 6.07) is 9.94. The molecule has 0 saturated carbocycles. The molecule has 0 atom stereocenters. The molecule has 0 aliphatic heterocycles. The SMILES string of the molecule is CCOC(=O)c1ccc(NC(=O)COc2ccc(S(=O)(=O)NC(C)C)cc2Cl)cc1. The third-order valence-corrected chi connectivity index (χ3v) is 5.59. The Balaban J connectivity index is 1.95. The summed E-state index contributed by atoms with van der Waals surface area (Å²) in [5.41, 5.74) is 0.851. The van der Waals surface area contributed by atoms with Crippen molar-refractivity contribution in [3.05, 3.63) is 53.1 Å². The van der Waals surface area contributed by atoms with Crippen LogP contribution < -0.4 is 14.8 Å². The highest BCUT2D eigenvalue weighted by Gasteiger charge is 2.17. The molecule has 162 valence electrons. The van der Waals surface area contributed by atoms with Gasteiger partial charge in [0.25, 0.3) is 5.91 Å². The fraction of sp³-hybridized carbons (Fsp3) is 0.300. The van der Waals surface area contributed by atoms with Crippen LogP contribution in [0.1, 0.15) is 31.1 Å². The number of hydrogen-bond donors (Lipinski definition) is 2. The van der Waals surface area contributed by atoms with Gasteiger partial charge in [0.1, 0.15) is 5.75 Å². The fourth-order valence-corrected chi connectivity index (χ4v) is 3.97. The highest BCUT2D eigenvalue weighted by molar-refractivity contribution is 7.89. The van der Waals surface area contributed by atoms with Crippen LogP contribution in [0.5, 0.6) is 5.75 Å². The molecule has 2 N–H and O–H groups in total. The second-order valence-corrected chi connectivity index (χ2v) is 8.62. The molecular formula is C20H23ClN2O6S. The van der Waals surface area contributed by atoms with E-state index < -0.39 is 21.9 Å². The predicted octanol–water partition coefficient (Wildman–Crippen LogP) is 3.22. The van der Waals surface area contributed by atoms with Gasteiger partial charge in [-0.1, -0.05) is 11.6 Å². The Morgan fingerprint density at radius 3 is 2.33 bits per heavy atom. The van der Waals surface area contributed by atoms with Crippen molar-refractivity contribution in [3.63, 3.8) is 0 Å². The Morgan fingerprint density at radius 1 is 1.10 bits per heavy atom. The highest BCUT2D eigenvalue weighted by Crippen LogP contribution is 2.27. The van der Waals surface area contributed by atoms with Crippen molar-refractivity contribution in [2.24, 2.45) is 0 Å². The fourth-order valence-electron chi connectivity index (χ4n) is 2.39. The number of nitrogens with one attached hydrogen (secondary N) is 2. The molecule has 0 fully saturated rings. The molecule has 0 unspecified atom stereocenters. The average molecular weight is 455 g/mol. The molecule has 0 heterocycles. The first-order chi connectivity index (χ1) is 14.1. The molecule has 0 saturated heterocycles. The lowest BCUT2D eigenvalue weighted by atomic mass is 10.2. The number of carbonyl (C=O) groups excluding carboxylic acids is 2. The summed E-state index contributed by atoms with van der Waals surface area (Å²) in [5, 5.41) is 2.69. The van der Waals surface area contributed by atoms with Gasteiger partial charge in [0.05, 0.1) is 22.1 Å². The van der Waals surface area contributed by atoms with Crippen molar-refractivity contribution in [3.8, 4) is 5.75 Å². The second kappa shape index (κ2) is 10.4. The van der Waals surface area contributed by atoms with Crippen LogP contribution >= 0.6 is 11.6 Å². The van der Waals surface area contributed by atoms with E-state index in [1.807, 2.05) is 0 Å². The summed E-state index contributed by atoms with van der Waals surface area (Å²) in [7, 11) is -3.69. The quantitative estimate of drug-likeness (QED) is 0.563. The standard InChI is InChI=1S/C20H23ClN2O6S/c1-4-28-20(25)14-5-7-15(8-6-14)22-19(24)12-29-18-10-9-16(11-17(18)21)30(26,27)23-13(2)3/h5-11,13,23H,4,12H2,1-3H3,(H,22,24). The van der Waals surface area contributed by atoms with E-state index >= 15 is 0 Å². The van der Waals surface area contributed by atoms with E-state index in [0.29, 0.717) is 11.3 Å². The predicted molar refractivity (Wildman–Crippen MR) is 113 cm³/mol. The van der Waals surface area contributed by atoms with Crippen molar-refractivity contribution >= 4 is 39.2 Å². The van der Waals surface area contributed by atoms with Crippen molar-refractivity contribution in [2.45, 2.75) is 31.7 Å². The molecule has 30 heavy (non-hydrogen) atoms. The monoisotopic (exact) mass is 454 g/mol. The summed E-state index contributed by atoms with van der Waals surface area (Å²) >= 11 is 6.10. The number of carbonyl (C=O) groups is 2. The molecule has 2 rings (SSSR count). The normalized spacial score (nSPS) is 11.2. The lowest BCUT2D eigenvalue weighted by molar-refractivity contribution is -0.118. The van der Waals surface area contributed by atoms with Crippen LogP contribution in [0.4, 0.5) is 5.69 Å². The van der Waals surface area contributed by atoms with Crippen molar-refractivity contribution in [1.82, 2.24) is 4.72 Å². The van der Waals surface area contributed by atoms with Gasteiger partial charge in [-0.25, -0.2) is 17.9 Å². The lowest BCUT2D eigenvalue weighted by Gasteiger charge is -2.12. The van der Waals surface area contributed by atoms with Crippen molar-refractivity contribution in [2.75, 3.05) is 18.5 Å². The van der Waals surface area contributed by atoms with Gasteiger partial charge < -0.3 is 14.8 Å². The third-order valence-electron chi connectivity index (χ3n) is 3.64. The minimum atomic E-state index is -3.69. The van der Waals surface area contributed by atoms with Crippen LogP contribution in [-0.2, 0) is 19.6 Å². The van der Waals surface area contributed by atoms with E-state index in [2.05, 4.69) is 10.0 Å². The van der Waals surface area contributed by atoms with Gasteiger partial charge in [-0.15, -0.1) is 0 Å². The molecule has 0 aliphatic rings. The number of rotatable bonds is 9. The minimum absolute atomic E-state index is 0.000286. The zero-order chi connectivity index (χ0) is 22.3. The van der Waals surface area contributed by atoms with Gasteiger partial charge >= 0.3 is 5.97 Å². The molecule has 1 amide bonds. The number of esters is 1. The number of sulfonamides is 1. The Kier molecular flexibility index (Phi) is 8.22. The van der Waals surface area contributed by atoms with E-state index in [-0.39, 0.29) is 34.9 Å². The maximum atomic E-state index is 12.2. The maximum Gasteiger partial charge on any atom is 0.338 e. The molecule has 0 bridgehead atoms. The van der Waals surface area contributed by atoms with Gasteiger partial charge in [0, 0.05) is 11.7 Å². The first kappa shape index (κ1) is 23.7. The molecule has 8 nitrogen and oxygen atoms in total. The van der Waals surface area contributed by atoms with Gasteiger partial charge in [-0.2, -0.15) is 0 Å². The summed E-state index contributed by atoms with van der Waals surface area (Å²) in [4.78, 5) is 23.7. The Morgan fingerprint density at radius 2 is 1.77 bits per heavy atom. The second-order valence-electron chi connectivity index (χ2n) is 6.50. The van der Waals surface area contributed by atoms with Gasteiger partial charge in [0.15, 0.2) is 6.61 Å². The zero-order valence-corrected chi connectivity index (χ0v) is 18.3. The van der Waals surface area contributed by atoms with E-state index in [9.17, 15) is 18.0 Å². The minimum Gasteiger partial charge on any atom is -0.482 e. The smallest absolute Gasteiger partial charge is 0.338 e. The maximum absolute atomic E-state index is 12.2. The zero-order valence-electron chi connectivity index (χ0n) is 16.8. The molecule has 2 aromatic carbocycles. The van der Waals surface area contributed by atoms with E-state index in [1.165, 1.54) is 30.3 Å². The van der Waals surface area contributed by atoms with E-state index in [4.69, 9.17) is 21.1 Å². The van der Waals surface area contributed by atoms with E-state index in [1.54, 1.807) is 32.9 Å². The molecule has 0 aliphatic carbocycles. The Hall–Kier alpha value is -2.62. The number of ether oxygens (including phenoxy) is 2. The number of halogens is 1. The topological polar surface area (TPSA) is 111 Å². The van der Waals surface area contributed by atoms with Crippen LogP contribution in [0.25, 0.3) is 0 Å². The Bertz CT molecular complexity index is 1010. The highest BCUT2D eigenvalue weighted by atomic mass is 35.5. The Labute approximate surface area is 180 Å². The third kappa shape index (κ3) is 6.72. The summed E-state index contributed by atoms with van der Waals surface area (Å²) in [5.74, 6) is -0.719. The number of hydrogen-bond acceptors (Lipinski definition) is 6. The van der Waals surface area contributed by atoms with Gasteiger partial charge in [-0.3, -0.25) is 4.79 Å². The molecule has 0 spiro atoms. The van der Waals surface area contributed by atoms with Crippen molar-refractivity contribution < 1.29 is 27.5 Å². The molecule has 0 aromatic heterocycles. The van der Waals surface area contributed by atoms with Crippen LogP contribution in [0.15, 0.2) is 47.4 Å². The first-order valence-corrected chi connectivity index (χ1v) is 11.0.